The van der Waals surface area contributed by atoms with Crippen LogP contribution in [0.25, 0.3) is 22.2 Å². The van der Waals surface area contributed by atoms with Gasteiger partial charge in [-0.15, -0.1) is 0 Å². The van der Waals surface area contributed by atoms with E-state index in [2.05, 4.69) is 46.5 Å². The number of aromatic nitrogens is 1. The predicted molar refractivity (Wildman–Crippen MR) is 139 cm³/mol. The molecule has 0 unspecified atom stereocenters. The lowest BCUT2D eigenvalue weighted by atomic mass is 9.98. The molecular weight excluding hydrogens is 478 g/mol. The van der Waals surface area contributed by atoms with Crippen molar-refractivity contribution in [2.75, 3.05) is 20.4 Å². The summed E-state index contributed by atoms with van der Waals surface area (Å²) in [7, 11) is -0.282. The van der Waals surface area contributed by atoms with Crippen LogP contribution in [0.5, 0.6) is 11.5 Å². The minimum atomic E-state index is -3.81. The number of carbonyl (C=O) groups excluding carboxylic acids is 1. The summed E-state index contributed by atoms with van der Waals surface area (Å²) >= 11 is 0. The monoisotopic (exact) mass is 505 g/mol. The Balaban J connectivity index is 1.49. The number of H-pyrrole nitrogens is 1. The molecule has 3 aromatic carbocycles. The summed E-state index contributed by atoms with van der Waals surface area (Å²) in [6, 6.07) is 20.2. The number of methoxy groups -OCH3 is 1. The molecule has 0 fully saturated rings. The molecule has 1 aliphatic heterocycles. The molecule has 8 nitrogen and oxygen atoms in total. The number of fused-ring (bicyclic) bond motifs is 2. The van der Waals surface area contributed by atoms with Gasteiger partial charge in [-0.25, -0.2) is 0 Å². The van der Waals surface area contributed by atoms with Gasteiger partial charge in [0.05, 0.1) is 18.9 Å². The van der Waals surface area contributed by atoms with E-state index in [-0.39, 0.29) is 24.0 Å². The summed E-state index contributed by atoms with van der Waals surface area (Å²) in [5, 5.41) is 3.78. The van der Waals surface area contributed by atoms with Gasteiger partial charge in [-0.05, 0) is 42.4 Å². The molecule has 0 atom stereocenters. The van der Waals surface area contributed by atoms with Gasteiger partial charge < -0.3 is 19.2 Å². The zero-order chi connectivity index (χ0) is 25.4. The van der Waals surface area contributed by atoms with Gasteiger partial charge in [-0.3, -0.25) is 9.69 Å². The summed E-state index contributed by atoms with van der Waals surface area (Å²) in [4.78, 5) is 18.4. The molecule has 9 heteroatoms. The molecule has 0 radical (unpaired) electrons. The standard InChI is InChI=1S/C27H27N3O5S/c1-30(15-17-7-5-4-6-8-17)16-18-9-10-22-19(11-18)12-23(29-22)20-13-24(34-2)26(35-36(3,32)33)21-14-28-27(31)25(20)21/h4-13,29H,14-16H2,1-3H3,(H,28,31). The van der Waals surface area contributed by atoms with E-state index >= 15 is 0 Å². The van der Waals surface area contributed by atoms with E-state index in [1.165, 1.54) is 18.2 Å². The number of hydrogen-bond donors (Lipinski definition) is 2. The van der Waals surface area contributed by atoms with E-state index in [9.17, 15) is 13.2 Å². The third-order valence-corrected chi connectivity index (χ3v) is 6.64. The Morgan fingerprint density at radius 2 is 1.75 bits per heavy atom. The van der Waals surface area contributed by atoms with Crippen molar-refractivity contribution < 1.29 is 22.1 Å². The Morgan fingerprint density at radius 1 is 1.00 bits per heavy atom. The molecule has 4 aromatic rings. The molecule has 36 heavy (non-hydrogen) atoms. The van der Waals surface area contributed by atoms with Crippen LogP contribution >= 0.6 is 0 Å². The zero-order valence-electron chi connectivity index (χ0n) is 20.3. The van der Waals surface area contributed by atoms with Crippen molar-refractivity contribution >= 4 is 26.9 Å². The van der Waals surface area contributed by atoms with Crippen LogP contribution in [0, 0.1) is 0 Å². The molecule has 2 heterocycles. The van der Waals surface area contributed by atoms with E-state index < -0.39 is 10.1 Å². The van der Waals surface area contributed by atoms with Crippen LogP contribution in [0.4, 0.5) is 0 Å². The number of amides is 1. The van der Waals surface area contributed by atoms with Gasteiger partial charge >= 0.3 is 10.1 Å². The summed E-state index contributed by atoms with van der Waals surface area (Å²) in [5.74, 6) is -0.00704. The second-order valence-corrected chi connectivity index (χ2v) is 10.6. The lowest BCUT2D eigenvalue weighted by Crippen LogP contribution is -2.17. The number of nitrogens with zero attached hydrogens (tertiary/aromatic N) is 1. The molecule has 5 rings (SSSR count). The molecular formula is C27H27N3O5S. The van der Waals surface area contributed by atoms with Crippen LogP contribution in [0.15, 0.2) is 60.7 Å². The van der Waals surface area contributed by atoms with E-state index in [0.29, 0.717) is 16.7 Å². The number of hydrogen-bond acceptors (Lipinski definition) is 6. The highest BCUT2D eigenvalue weighted by Crippen LogP contribution is 2.43. The highest BCUT2D eigenvalue weighted by atomic mass is 32.2. The summed E-state index contributed by atoms with van der Waals surface area (Å²) in [5.41, 5.74) is 5.56. The number of ether oxygens (including phenoxy) is 1. The van der Waals surface area contributed by atoms with Gasteiger partial charge in [-0.2, -0.15) is 8.42 Å². The maximum Gasteiger partial charge on any atom is 0.306 e. The lowest BCUT2D eigenvalue weighted by Gasteiger charge is -2.16. The van der Waals surface area contributed by atoms with Gasteiger partial charge in [0.1, 0.15) is 0 Å². The van der Waals surface area contributed by atoms with Crippen LogP contribution < -0.4 is 14.2 Å². The highest BCUT2D eigenvalue weighted by Gasteiger charge is 2.31. The van der Waals surface area contributed by atoms with E-state index in [1.54, 1.807) is 6.07 Å². The van der Waals surface area contributed by atoms with Gasteiger partial charge in [0.15, 0.2) is 11.5 Å². The fourth-order valence-corrected chi connectivity index (χ4v) is 5.16. The summed E-state index contributed by atoms with van der Waals surface area (Å²) in [6.07, 6.45) is 0.962. The fraction of sp³-hybridized carbons (Fsp3) is 0.222. The molecule has 0 bridgehead atoms. The minimum absolute atomic E-state index is 0.0388. The van der Waals surface area contributed by atoms with Crippen molar-refractivity contribution in [1.82, 2.24) is 15.2 Å². The Bertz CT molecular complexity index is 1560. The normalized spacial score (nSPS) is 13.2. The largest absolute Gasteiger partial charge is 0.493 e. The van der Waals surface area contributed by atoms with E-state index in [4.69, 9.17) is 8.92 Å². The Hall–Kier alpha value is -3.82. The molecule has 1 aliphatic rings. The summed E-state index contributed by atoms with van der Waals surface area (Å²) < 4.78 is 34.3. The van der Waals surface area contributed by atoms with Crippen LogP contribution in [0.3, 0.4) is 0 Å². The van der Waals surface area contributed by atoms with Gasteiger partial charge in [0, 0.05) is 47.4 Å². The van der Waals surface area contributed by atoms with Gasteiger partial charge in [-0.1, -0.05) is 36.4 Å². The van der Waals surface area contributed by atoms with Crippen molar-refractivity contribution in [3.8, 4) is 22.8 Å². The smallest absolute Gasteiger partial charge is 0.306 e. The molecule has 0 saturated heterocycles. The Morgan fingerprint density at radius 3 is 2.47 bits per heavy atom. The second-order valence-electron chi connectivity index (χ2n) is 9.04. The van der Waals surface area contributed by atoms with E-state index in [1.807, 2.05) is 30.3 Å². The third kappa shape index (κ3) is 4.80. The fourth-order valence-electron chi connectivity index (χ4n) is 4.67. The Kier molecular flexibility index (Phi) is 6.19. The first-order chi connectivity index (χ1) is 17.2. The van der Waals surface area contributed by atoms with Crippen molar-refractivity contribution in [3.05, 3.63) is 82.9 Å². The van der Waals surface area contributed by atoms with Crippen molar-refractivity contribution in [2.24, 2.45) is 0 Å². The predicted octanol–water partition coefficient (Wildman–Crippen LogP) is 4.06. The Labute approximate surface area is 210 Å². The molecule has 0 spiro atoms. The van der Waals surface area contributed by atoms with Crippen molar-refractivity contribution in [2.45, 2.75) is 19.6 Å². The minimum Gasteiger partial charge on any atom is -0.493 e. The van der Waals surface area contributed by atoms with Crippen molar-refractivity contribution in [1.29, 1.82) is 0 Å². The topological polar surface area (TPSA) is 101 Å². The first-order valence-electron chi connectivity index (χ1n) is 11.5. The highest BCUT2D eigenvalue weighted by molar-refractivity contribution is 7.86. The summed E-state index contributed by atoms with van der Waals surface area (Å²) in [6.45, 7) is 1.79. The quantitative estimate of drug-likeness (QED) is 0.350. The molecule has 1 amide bonds. The van der Waals surface area contributed by atoms with Crippen molar-refractivity contribution in [3.63, 3.8) is 0 Å². The zero-order valence-corrected chi connectivity index (χ0v) is 21.1. The van der Waals surface area contributed by atoms with Crippen LogP contribution in [0.1, 0.15) is 27.0 Å². The first kappa shape index (κ1) is 23.9. The average Bonchev–Trinajstić information content (AvgIpc) is 3.42. The average molecular weight is 506 g/mol. The maximum atomic E-state index is 12.7. The molecule has 0 saturated carbocycles. The lowest BCUT2D eigenvalue weighted by molar-refractivity contribution is 0.0966. The number of carbonyl (C=O) groups is 1. The number of aromatic amines is 1. The van der Waals surface area contributed by atoms with Gasteiger partial charge in [0.25, 0.3) is 5.91 Å². The molecule has 186 valence electrons. The van der Waals surface area contributed by atoms with E-state index in [0.717, 1.165) is 35.9 Å². The van der Waals surface area contributed by atoms with Crippen LogP contribution in [-0.4, -0.2) is 44.6 Å². The third-order valence-electron chi connectivity index (χ3n) is 6.17. The molecule has 1 aromatic heterocycles. The number of benzene rings is 3. The molecule has 2 N–H and O–H groups in total. The molecule has 0 aliphatic carbocycles. The second kappa shape index (κ2) is 9.33. The van der Waals surface area contributed by atoms with Crippen LogP contribution in [0.2, 0.25) is 0 Å². The van der Waals surface area contributed by atoms with Crippen LogP contribution in [-0.2, 0) is 29.8 Å². The number of rotatable bonds is 8. The van der Waals surface area contributed by atoms with Gasteiger partial charge in [0.2, 0.25) is 0 Å². The maximum absolute atomic E-state index is 12.7. The first-order valence-corrected chi connectivity index (χ1v) is 13.3. The SMILES string of the molecule is COc1cc(-c2cc3cc(CN(C)Cc4ccccc4)ccc3[nH]2)c2c(c1OS(C)(=O)=O)CNC2=O. The number of nitrogens with one attached hydrogen (secondary N) is 2.